The van der Waals surface area contributed by atoms with Gasteiger partial charge in [0.05, 0.1) is 31.1 Å². The van der Waals surface area contributed by atoms with Gasteiger partial charge in [0.1, 0.15) is 11.5 Å². The summed E-state index contributed by atoms with van der Waals surface area (Å²) in [6.07, 6.45) is 2.50. The second-order valence-electron chi connectivity index (χ2n) is 5.64. The van der Waals surface area contributed by atoms with E-state index in [2.05, 4.69) is 4.90 Å². The standard InChI is InChI=1S/C15H21F2NO3S/c16-15(17)22-10-12-4-3-11(21-12)8-18-5-7-20-14(9-18)13-2-1-6-19-13/h3-4,13-15H,1-2,5-10H2. The molecule has 1 aromatic heterocycles. The monoisotopic (exact) mass is 333 g/mol. The average molecular weight is 333 g/mol. The van der Waals surface area contributed by atoms with Gasteiger partial charge < -0.3 is 13.9 Å². The summed E-state index contributed by atoms with van der Waals surface area (Å²) in [5.41, 5.74) is 0. The fourth-order valence-electron chi connectivity index (χ4n) is 2.95. The molecule has 0 aliphatic carbocycles. The lowest BCUT2D eigenvalue weighted by atomic mass is 10.1. The van der Waals surface area contributed by atoms with E-state index in [4.69, 9.17) is 13.9 Å². The van der Waals surface area contributed by atoms with Crippen LogP contribution in [0, 0.1) is 0 Å². The van der Waals surface area contributed by atoms with E-state index in [9.17, 15) is 8.78 Å². The first kappa shape index (κ1) is 16.2. The minimum absolute atomic E-state index is 0.125. The molecular weight excluding hydrogens is 312 g/mol. The van der Waals surface area contributed by atoms with Gasteiger partial charge in [0.15, 0.2) is 0 Å². The van der Waals surface area contributed by atoms with Gasteiger partial charge in [-0.25, -0.2) is 0 Å². The Kier molecular flexibility index (Phi) is 5.73. The number of ether oxygens (including phenoxy) is 2. The average Bonchev–Trinajstić information content (AvgIpc) is 3.17. The quantitative estimate of drug-likeness (QED) is 0.799. The number of hydrogen-bond donors (Lipinski definition) is 0. The number of rotatable bonds is 6. The highest BCUT2D eigenvalue weighted by atomic mass is 32.2. The highest BCUT2D eigenvalue weighted by Gasteiger charge is 2.31. The minimum Gasteiger partial charge on any atom is -0.464 e. The molecule has 0 aromatic carbocycles. The van der Waals surface area contributed by atoms with E-state index in [-0.39, 0.29) is 18.0 Å². The summed E-state index contributed by atoms with van der Waals surface area (Å²) in [7, 11) is 0. The molecule has 0 radical (unpaired) electrons. The van der Waals surface area contributed by atoms with Gasteiger partial charge in [-0.3, -0.25) is 4.90 Å². The maximum absolute atomic E-state index is 12.2. The van der Waals surface area contributed by atoms with Gasteiger partial charge in [-0.15, -0.1) is 0 Å². The molecule has 2 aliphatic heterocycles. The maximum Gasteiger partial charge on any atom is 0.284 e. The van der Waals surface area contributed by atoms with Gasteiger partial charge in [-0.1, -0.05) is 11.8 Å². The third-order valence-electron chi connectivity index (χ3n) is 4.01. The van der Waals surface area contributed by atoms with Gasteiger partial charge in [-0.05, 0) is 25.0 Å². The molecule has 2 unspecified atom stereocenters. The predicted octanol–water partition coefficient (Wildman–Crippen LogP) is 3.12. The van der Waals surface area contributed by atoms with Crippen molar-refractivity contribution in [3.8, 4) is 0 Å². The summed E-state index contributed by atoms with van der Waals surface area (Å²) < 4.78 is 41.5. The van der Waals surface area contributed by atoms with E-state index in [0.29, 0.717) is 30.7 Å². The second kappa shape index (κ2) is 7.77. The summed E-state index contributed by atoms with van der Waals surface area (Å²) in [6, 6.07) is 3.65. The van der Waals surface area contributed by atoms with E-state index >= 15 is 0 Å². The van der Waals surface area contributed by atoms with Gasteiger partial charge in [0, 0.05) is 19.7 Å². The number of hydrogen-bond acceptors (Lipinski definition) is 5. The first-order chi connectivity index (χ1) is 10.7. The molecule has 3 heterocycles. The Balaban J connectivity index is 1.49. The molecule has 2 saturated heterocycles. The van der Waals surface area contributed by atoms with Crippen molar-refractivity contribution in [2.75, 3.05) is 26.3 Å². The summed E-state index contributed by atoms with van der Waals surface area (Å²) in [4.78, 5) is 2.28. The molecule has 3 rings (SSSR count). The van der Waals surface area contributed by atoms with Crippen molar-refractivity contribution in [2.45, 2.75) is 43.1 Å². The van der Waals surface area contributed by atoms with Gasteiger partial charge in [0.25, 0.3) is 5.76 Å². The molecule has 0 N–H and O–H groups in total. The lowest BCUT2D eigenvalue weighted by Crippen LogP contribution is -2.47. The number of halogens is 2. The number of alkyl halides is 2. The van der Waals surface area contributed by atoms with Crippen molar-refractivity contribution >= 4 is 11.8 Å². The van der Waals surface area contributed by atoms with Crippen LogP contribution in [0.1, 0.15) is 24.4 Å². The predicted molar refractivity (Wildman–Crippen MR) is 80.0 cm³/mol. The molecule has 1 aromatic rings. The Bertz CT molecular complexity index is 465. The van der Waals surface area contributed by atoms with Crippen LogP contribution in [-0.2, 0) is 21.8 Å². The zero-order valence-corrected chi connectivity index (χ0v) is 13.2. The van der Waals surface area contributed by atoms with Crippen LogP contribution in [0.25, 0.3) is 0 Å². The summed E-state index contributed by atoms with van der Waals surface area (Å²) in [5.74, 6) is -0.735. The van der Waals surface area contributed by atoms with Crippen molar-refractivity contribution in [2.24, 2.45) is 0 Å². The van der Waals surface area contributed by atoms with Crippen LogP contribution in [-0.4, -0.2) is 49.2 Å². The highest BCUT2D eigenvalue weighted by Crippen LogP contribution is 2.24. The molecule has 0 saturated carbocycles. The molecule has 0 spiro atoms. The fraction of sp³-hybridized carbons (Fsp3) is 0.733. The first-order valence-electron chi connectivity index (χ1n) is 7.63. The third-order valence-corrected chi connectivity index (χ3v) is 4.71. The molecule has 22 heavy (non-hydrogen) atoms. The van der Waals surface area contributed by atoms with Crippen LogP contribution in [0.3, 0.4) is 0 Å². The molecule has 4 nitrogen and oxygen atoms in total. The largest absolute Gasteiger partial charge is 0.464 e. The normalized spacial score (nSPS) is 26.9. The van der Waals surface area contributed by atoms with Crippen LogP contribution in [0.5, 0.6) is 0 Å². The van der Waals surface area contributed by atoms with E-state index in [1.54, 1.807) is 6.07 Å². The molecule has 2 aliphatic rings. The molecule has 2 fully saturated rings. The minimum atomic E-state index is -2.36. The van der Waals surface area contributed by atoms with Crippen LogP contribution >= 0.6 is 11.8 Å². The van der Waals surface area contributed by atoms with Crippen molar-refractivity contribution in [1.29, 1.82) is 0 Å². The maximum atomic E-state index is 12.2. The Morgan fingerprint density at radius 3 is 2.77 bits per heavy atom. The highest BCUT2D eigenvalue weighted by molar-refractivity contribution is 7.98. The zero-order valence-electron chi connectivity index (χ0n) is 12.4. The van der Waals surface area contributed by atoms with Gasteiger partial charge in [-0.2, -0.15) is 8.78 Å². The van der Waals surface area contributed by atoms with Crippen LogP contribution in [0.4, 0.5) is 8.78 Å². The molecule has 0 amide bonds. The van der Waals surface area contributed by atoms with E-state index < -0.39 is 5.76 Å². The molecule has 0 bridgehead atoms. The zero-order chi connectivity index (χ0) is 15.4. The van der Waals surface area contributed by atoms with Gasteiger partial charge >= 0.3 is 0 Å². The lowest BCUT2D eigenvalue weighted by Gasteiger charge is -2.34. The van der Waals surface area contributed by atoms with E-state index in [0.717, 1.165) is 38.3 Å². The summed E-state index contributed by atoms with van der Waals surface area (Å²) in [6.45, 7) is 3.89. The summed E-state index contributed by atoms with van der Waals surface area (Å²) in [5, 5.41) is 0. The van der Waals surface area contributed by atoms with E-state index in [1.807, 2.05) is 6.07 Å². The number of furan rings is 1. The third kappa shape index (κ3) is 4.44. The summed E-state index contributed by atoms with van der Waals surface area (Å²) >= 11 is 0.584. The lowest BCUT2D eigenvalue weighted by molar-refractivity contribution is -0.0968. The smallest absolute Gasteiger partial charge is 0.284 e. The van der Waals surface area contributed by atoms with Crippen molar-refractivity contribution in [1.82, 2.24) is 4.90 Å². The van der Waals surface area contributed by atoms with Crippen LogP contribution < -0.4 is 0 Å². The molecule has 124 valence electrons. The SMILES string of the molecule is FC(F)SCc1ccc(CN2CCOC(C3CCCO3)C2)o1. The number of thioether (sulfide) groups is 1. The fourth-order valence-corrected chi connectivity index (χ4v) is 3.39. The molecule has 2 atom stereocenters. The van der Waals surface area contributed by atoms with Crippen LogP contribution in [0.2, 0.25) is 0 Å². The topological polar surface area (TPSA) is 34.8 Å². The molecule has 7 heteroatoms. The Morgan fingerprint density at radius 1 is 1.18 bits per heavy atom. The Hall–Kier alpha value is -0.630. The van der Waals surface area contributed by atoms with Crippen molar-refractivity contribution in [3.63, 3.8) is 0 Å². The number of nitrogens with zero attached hydrogens (tertiary/aromatic N) is 1. The number of morpholine rings is 1. The Morgan fingerprint density at radius 2 is 2.00 bits per heavy atom. The van der Waals surface area contributed by atoms with Crippen molar-refractivity contribution < 1.29 is 22.7 Å². The molecular formula is C15H21F2NO3S. The van der Waals surface area contributed by atoms with E-state index in [1.165, 1.54) is 0 Å². The van der Waals surface area contributed by atoms with Crippen LogP contribution in [0.15, 0.2) is 16.5 Å². The second-order valence-corrected chi connectivity index (χ2v) is 6.61. The first-order valence-corrected chi connectivity index (χ1v) is 8.68. The van der Waals surface area contributed by atoms with Crippen molar-refractivity contribution in [3.05, 3.63) is 23.7 Å². The Labute approximate surface area is 133 Å². The van der Waals surface area contributed by atoms with Gasteiger partial charge in [0.2, 0.25) is 0 Å².